The van der Waals surface area contributed by atoms with Gasteiger partial charge < -0.3 is 39.9 Å². The zero-order chi connectivity index (χ0) is 66.2. The van der Waals surface area contributed by atoms with Crippen LogP contribution < -0.4 is 16.2 Å². The molecule has 8 rings (SSSR count). The number of hydrogen-bond acceptors (Lipinski definition) is 12. The number of nitrogens with one attached hydrogen (secondary N) is 1. The fraction of sp³-hybridized carbons (Fsp3) is 0.435. The quantitative estimate of drug-likeness (QED) is 0.0236. The van der Waals surface area contributed by atoms with Crippen molar-refractivity contribution in [2.75, 3.05) is 51.6 Å². The van der Waals surface area contributed by atoms with Crippen molar-refractivity contribution in [3.8, 4) is 28.4 Å². The number of amides is 1. The molecule has 0 unspecified atom stereocenters. The number of carboxylic acid groups (broad SMARTS) is 1. The second-order valence-corrected chi connectivity index (χ2v) is 24.8. The molecule has 0 aromatic heterocycles. The normalized spacial score (nSPS) is 12.3. The molecule has 6 aromatic carbocycles. The predicted octanol–water partition coefficient (Wildman–Crippen LogP) is 18.0. The van der Waals surface area contributed by atoms with Crippen LogP contribution in [0.3, 0.4) is 0 Å². The van der Waals surface area contributed by atoms with Crippen molar-refractivity contribution in [2.24, 2.45) is 5.84 Å². The number of benzene rings is 6. The van der Waals surface area contributed by atoms with E-state index < -0.39 is 13.1 Å². The number of carbonyl (C=O) groups is 2. The number of aromatic hydroxyl groups is 4. The van der Waals surface area contributed by atoms with Crippen LogP contribution in [0.4, 0.5) is 10.1 Å². The highest BCUT2D eigenvalue weighted by molar-refractivity contribution is 9.10. The number of ether oxygens (including phenoxy) is 2. The summed E-state index contributed by atoms with van der Waals surface area (Å²) in [7, 11) is -1.00. The molecule has 2 aliphatic rings. The molecule has 1 amide bonds. The molecule has 2 aliphatic heterocycles. The largest absolute Gasteiger partial charge is 0.508 e. The van der Waals surface area contributed by atoms with Crippen molar-refractivity contribution in [3.63, 3.8) is 0 Å². The van der Waals surface area contributed by atoms with Gasteiger partial charge in [0.15, 0.2) is 0 Å². The first-order valence-electron chi connectivity index (χ1n) is 29.5. The van der Waals surface area contributed by atoms with Crippen molar-refractivity contribution in [1.82, 2.24) is 5.43 Å². The van der Waals surface area contributed by atoms with Gasteiger partial charge in [-0.25, -0.2) is 10.6 Å². The van der Waals surface area contributed by atoms with E-state index in [2.05, 4.69) is 134 Å². The minimum Gasteiger partial charge on any atom is -0.508 e. The number of hydrazine groups is 1. The number of aromatic carboxylic acids is 1. The van der Waals surface area contributed by atoms with Gasteiger partial charge in [0.1, 0.15) is 28.4 Å². The summed E-state index contributed by atoms with van der Waals surface area (Å²) in [6, 6.07) is 28.0. The van der Waals surface area contributed by atoms with Crippen LogP contribution >= 0.6 is 43.6 Å². The van der Waals surface area contributed by atoms with E-state index in [1.165, 1.54) is 80.3 Å². The number of rotatable bonds is 9. The maximum Gasteiger partial charge on any atom is 0.335 e. The number of hydrogen-bond donors (Lipinski definition) is 7. The molecule has 0 spiro atoms. The van der Waals surface area contributed by atoms with Crippen molar-refractivity contribution in [2.45, 2.75) is 158 Å². The molecule has 2 heterocycles. The Morgan fingerprint density at radius 2 is 1.00 bits per heavy atom. The highest BCUT2D eigenvalue weighted by Gasteiger charge is 2.15. The molecular weight excluding hydrogens is 1240 g/mol. The lowest BCUT2D eigenvalue weighted by Crippen LogP contribution is -2.36. The maximum absolute atomic E-state index is 11.5. The average Bonchev–Trinajstić information content (AvgIpc) is 3.06. The molecule has 0 saturated carbocycles. The van der Waals surface area contributed by atoms with Gasteiger partial charge in [-0.05, 0) is 227 Å². The molecule has 0 radical (unpaired) electrons. The standard InChI is InChI=1S/C12H18N2O.C12H16O2.C11H15Br.C11H12N2OS.C9H11BrO2.C9H12O2.C4H8O.CH3F/c1-7(2)10-6-11(12(15)14-13)9(4)5-8(10)3;1-7(2)10-6-11(12(13)14)9(4)5-8(10)3;1-7(2)10-6-11(12)9(4)5-8(10)3;12-9-15-11-3-1-10(2-4-11)13-5-7-14-8-6-13;1-5(2)6-3-7(10)9(12)4-8(6)11;1-6(2)8-4-3-7(10)5-9(8)11;1-2-4-5-3-1;1-2/h5-7H,13H2,1-4H3,(H,14,15);5-7H,1-4H3,(H,13,14);5-7H,1-4H3;1-4H,5-8H2;3-5,11-12H,1-2H3;3-6,10-11H,1-2H3;1-4H2;1H3/i;;;;;;;1D. The monoisotopic (exact) mass is 1330 g/mol. The Morgan fingerprint density at radius 3 is 1.42 bits per heavy atom. The summed E-state index contributed by atoms with van der Waals surface area (Å²) in [5, 5.41) is 56.4. The Morgan fingerprint density at radius 1 is 0.581 bits per heavy atom. The first kappa shape index (κ1) is 76.0. The van der Waals surface area contributed by atoms with Gasteiger partial charge in [0.05, 0.1) is 31.8 Å². The third-order valence-electron chi connectivity index (χ3n) is 13.8. The molecule has 17 heteroatoms. The van der Waals surface area contributed by atoms with Gasteiger partial charge in [-0.2, -0.15) is 5.26 Å². The van der Waals surface area contributed by atoms with Crippen molar-refractivity contribution in [3.05, 3.63) is 172 Å². The number of morpholine rings is 1. The van der Waals surface area contributed by atoms with Gasteiger partial charge in [-0.3, -0.25) is 14.6 Å². The lowest BCUT2D eigenvalue weighted by molar-refractivity contribution is 0.0695. The smallest absolute Gasteiger partial charge is 0.335 e. The van der Waals surface area contributed by atoms with Gasteiger partial charge >= 0.3 is 5.97 Å². The Balaban J connectivity index is 0.000000510. The first-order chi connectivity index (χ1) is 40.9. The highest BCUT2D eigenvalue weighted by Crippen LogP contribution is 2.35. The van der Waals surface area contributed by atoms with Gasteiger partial charge in [0.25, 0.3) is 5.91 Å². The second-order valence-electron chi connectivity index (χ2n) is 22.3. The van der Waals surface area contributed by atoms with E-state index in [0.717, 1.165) is 72.2 Å². The summed E-state index contributed by atoms with van der Waals surface area (Å²) >= 11 is 7.93. The Kier molecular flexibility index (Phi) is 35.6. The fourth-order valence-electron chi connectivity index (χ4n) is 9.16. The van der Waals surface area contributed by atoms with Crippen LogP contribution in [0.25, 0.3) is 0 Å². The molecule has 8 N–H and O–H groups in total. The Hall–Kier alpha value is -6.13. The van der Waals surface area contributed by atoms with Crippen LogP contribution in [0.2, 0.25) is 0 Å². The predicted molar refractivity (Wildman–Crippen MR) is 360 cm³/mol. The zero-order valence-electron chi connectivity index (χ0n) is 54.3. The van der Waals surface area contributed by atoms with Gasteiger partial charge in [-0.15, -0.1) is 0 Å². The number of nitrogens with zero attached hydrogens (tertiary/aromatic N) is 2. The van der Waals surface area contributed by atoms with E-state index in [-0.39, 0.29) is 40.7 Å². The maximum atomic E-state index is 11.5. The number of halogens is 3. The summed E-state index contributed by atoms with van der Waals surface area (Å²) in [6.07, 6.45) is 2.56. The van der Waals surface area contributed by atoms with E-state index in [1.807, 2.05) is 78.8 Å². The SMILES string of the molecule is C1CCOC1.CC(C)c1cc(Br)c(O)cc1O.CC(C)c1ccc(O)cc1O.Cc1cc(C)c(C(C)C)cc1Br.Cc1cc(C)c(C(C)C)cc1C(=O)NN.Cc1cc(C)c(C(C)C)cc1C(=O)O.N#CSc1ccc(N2CCOCC2)cc1.[2H]CF. The lowest BCUT2D eigenvalue weighted by Gasteiger charge is -2.28. The van der Waals surface area contributed by atoms with E-state index >= 15 is 0 Å². The van der Waals surface area contributed by atoms with Crippen LogP contribution in [0.1, 0.15) is 195 Å². The highest BCUT2D eigenvalue weighted by atomic mass is 79.9. The van der Waals surface area contributed by atoms with Crippen molar-refractivity contribution in [1.29, 1.82) is 5.26 Å². The zero-order valence-corrected chi connectivity index (χ0v) is 57.3. The summed E-state index contributed by atoms with van der Waals surface area (Å²) < 4.78 is 27.6. The number of nitrogen functional groups attached to an aromatic ring is 1. The molecule has 2 saturated heterocycles. The number of phenols is 4. The van der Waals surface area contributed by atoms with Crippen LogP contribution in [0.5, 0.6) is 23.0 Å². The number of nitrogens with two attached hydrogens (primary N) is 1. The second kappa shape index (κ2) is 40.3. The van der Waals surface area contributed by atoms with Crippen LogP contribution in [0, 0.1) is 52.2 Å². The molecule has 0 aliphatic carbocycles. The van der Waals surface area contributed by atoms with E-state index in [9.17, 15) is 29.3 Å². The molecule has 472 valence electrons. The number of thioether (sulfide) groups is 1. The minimum atomic E-state index is -1.00. The molecule has 86 heavy (non-hydrogen) atoms. The van der Waals surface area contributed by atoms with Gasteiger partial charge in [0, 0.05) is 59.1 Å². The van der Waals surface area contributed by atoms with E-state index in [1.54, 1.807) is 24.3 Å². The number of nitriles is 1. The molecular formula is C69H95Br2FN4O9S. The van der Waals surface area contributed by atoms with E-state index in [0.29, 0.717) is 33.4 Å². The molecule has 2 fully saturated rings. The summed E-state index contributed by atoms with van der Waals surface area (Å²) in [4.78, 5) is 25.7. The minimum absolute atomic E-state index is 0.0666. The Labute approximate surface area is 535 Å². The van der Waals surface area contributed by atoms with Crippen molar-refractivity contribution < 1.29 is 50.4 Å². The van der Waals surface area contributed by atoms with Crippen LogP contribution in [-0.4, -0.2) is 84.1 Å². The van der Waals surface area contributed by atoms with Gasteiger partial charge in [-0.1, -0.05) is 109 Å². The summed E-state index contributed by atoms with van der Waals surface area (Å²) in [5.74, 6) is 6.48. The van der Waals surface area contributed by atoms with Gasteiger partial charge in [0.2, 0.25) is 0 Å². The third kappa shape index (κ3) is 26.9. The first-order valence-corrected chi connectivity index (χ1v) is 31.2. The molecule has 0 bridgehead atoms. The van der Waals surface area contributed by atoms with Crippen molar-refractivity contribution >= 4 is 61.2 Å². The number of thiocyanates is 1. The third-order valence-corrected chi connectivity index (χ3v) is 15.9. The lowest BCUT2D eigenvalue weighted by atomic mass is 9.93. The number of carbonyl (C=O) groups excluding carboxylic acids is 1. The average molecular weight is 1340 g/mol. The number of alkyl halides is 1. The number of phenolic OH excluding ortho intramolecular Hbond substituents is 4. The number of anilines is 1. The number of aryl methyl sites for hydroxylation is 6. The van der Waals surface area contributed by atoms with E-state index in [4.69, 9.17) is 32.2 Å². The topological polar surface area (TPSA) is 219 Å². The summed E-state index contributed by atoms with van der Waals surface area (Å²) in [6.45, 7) is 38.4. The Bertz CT molecular complexity index is 3040. The molecule has 13 nitrogen and oxygen atoms in total. The van der Waals surface area contributed by atoms with Crippen LogP contribution in [-0.2, 0) is 9.47 Å². The summed E-state index contributed by atoms with van der Waals surface area (Å²) in [5.41, 5.74) is 16.8. The van der Waals surface area contributed by atoms with Crippen LogP contribution in [0.15, 0.2) is 105 Å². The molecule has 6 aromatic rings. The molecule has 0 atom stereocenters. The fourth-order valence-corrected chi connectivity index (χ4v) is 10.3. The number of carboxylic acids is 1.